The van der Waals surface area contributed by atoms with Gasteiger partial charge in [-0.3, -0.25) is 4.79 Å². The minimum absolute atomic E-state index is 0.200. The van der Waals surface area contributed by atoms with Crippen molar-refractivity contribution in [3.05, 3.63) is 42.2 Å². The predicted octanol–water partition coefficient (Wildman–Crippen LogP) is 1.16. The highest BCUT2D eigenvalue weighted by atomic mass is 16.1. The van der Waals surface area contributed by atoms with Gasteiger partial charge in [0.15, 0.2) is 0 Å². The van der Waals surface area contributed by atoms with Gasteiger partial charge < -0.3 is 16.4 Å². The number of hydrogen-bond donors (Lipinski definition) is 3. The van der Waals surface area contributed by atoms with Crippen molar-refractivity contribution in [1.29, 1.82) is 0 Å². The summed E-state index contributed by atoms with van der Waals surface area (Å²) in [6, 6.07) is 6.84. The fourth-order valence-electron chi connectivity index (χ4n) is 1.44. The highest BCUT2D eigenvalue weighted by molar-refractivity contribution is 5.99. The highest BCUT2D eigenvalue weighted by Gasteiger charge is 2.10. The Labute approximate surface area is 104 Å². The molecule has 0 aliphatic heterocycles. The van der Waals surface area contributed by atoms with E-state index < -0.39 is 0 Å². The van der Waals surface area contributed by atoms with Crippen LogP contribution in [0.25, 0.3) is 0 Å². The minimum atomic E-state index is -0.200. The number of anilines is 3. The van der Waals surface area contributed by atoms with E-state index in [9.17, 15) is 4.79 Å². The molecular formula is C12H13N5O. The Hall–Kier alpha value is -2.63. The summed E-state index contributed by atoms with van der Waals surface area (Å²) >= 11 is 0. The Morgan fingerprint density at radius 2 is 2.11 bits per heavy atom. The van der Waals surface area contributed by atoms with Crippen molar-refractivity contribution in [2.45, 2.75) is 0 Å². The average molecular weight is 243 g/mol. The summed E-state index contributed by atoms with van der Waals surface area (Å²) in [5.74, 6) is 0.713. The van der Waals surface area contributed by atoms with Gasteiger partial charge in [0.1, 0.15) is 11.6 Å². The van der Waals surface area contributed by atoms with Crippen molar-refractivity contribution < 1.29 is 4.79 Å². The van der Waals surface area contributed by atoms with E-state index in [1.807, 2.05) is 0 Å². The second-order valence-electron chi connectivity index (χ2n) is 3.58. The van der Waals surface area contributed by atoms with Crippen LogP contribution in [0.5, 0.6) is 0 Å². The Morgan fingerprint density at radius 1 is 1.28 bits per heavy atom. The summed E-state index contributed by atoms with van der Waals surface area (Å²) in [5.41, 5.74) is 6.69. The third-order valence-electron chi connectivity index (χ3n) is 2.33. The predicted molar refractivity (Wildman–Crippen MR) is 69.6 cm³/mol. The lowest BCUT2D eigenvalue weighted by Crippen LogP contribution is -2.19. The van der Waals surface area contributed by atoms with Crippen LogP contribution >= 0.6 is 0 Å². The van der Waals surface area contributed by atoms with Gasteiger partial charge in [-0.05, 0) is 24.3 Å². The lowest BCUT2D eigenvalue weighted by Gasteiger charge is -2.09. The molecule has 0 spiro atoms. The topological polar surface area (TPSA) is 92.9 Å². The van der Waals surface area contributed by atoms with E-state index in [1.54, 1.807) is 43.7 Å². The molecule has 0 saturated carbocycles. The number of nitrogens with one attached hydrogen (secondary N) is 2. The number of nitrogens with zero attached hydrogens (tertiary/aromatic N) is 2. The van der Waals surface area contributed by atoms with Gasteiger partial charge in [-0.15, -0.1) is 0 Å². The van der Waals surface area contributed by atoms with Crippen molar-refractivity contribution in [3.63, 3.8) is 0 Å². The number of rotatable bonds is 3. The van der Waals surface area contributed by atoms with Gasteiger partial charge >= 0.3 is 0 Å². The molecule has 0 unspecified atom stereocenters. The Bertz CT molecular complexity index is 553. The maximum absolute atomic E-state index is 11.7. The van der Waals surface area contributed by atoms with E-state index in [4.69, 9.17) is 5.73 Å². The summed E-state index contributed by atoms with van der Waals surface area (Å²) in [5, 5.41) is 5.59. The SMILES string of the molecule is CNC(=O)c1cccnc1Nc1ccc(N)nc1. The summed E-state index contributed by atoms with van der Waals surface area (Å²) < 4.78 is 0. The van der Waals surface area contributed by atoms with Gasteiger partial charge in [0, 0.05) is 13.2 Å². The van der Waals surface area contributed by atoms with Gasteiger partial charge in [-0.25, -0.2) is 9.97 Å². The smallest absolute Gasteiger partial charge is 0.254 e. The van der Waals surface area contributed by atoms with Crippen LogP contribution < -0.4 is 16.4 Å². The number of carbonyl (C=O) groups excluding carboxylic acids is 1. The summed E-state index contributed by atoms with van der Waals surface area (Å²) in [7, 11) is 1.57. The first-order valence-corrected chi connectivity index (χ1v) is 5.36. The number of amides is 1. The molecule has 0 bridgehead atoms. The number of nitrogen functional groups attached to an aromatic ring is 1. The normalized spacial score (nSPS) is 9.83. The average Bonchev–Trinajstić information content (AvgIpc) is 2.41. The largest absolute Gasteiger partial charge is 0.384 e. The summed E-state index contributed by atoms with van der Waals surface area (Å²) in [4.78, 5) is 19.7. The van der Waals surface area contributed by atoms with Crippen LogP contribution in [0.15, 0.2) is 36.7 Å². The Kier molecular flexibility index (Phi) is 3.38. The molecule has 4 N–H and O–H groups in total. The van der Waals surface area contributed by atoms with E-state index in [2.05, 4.69) is 20.6 Å². The maximum atomic E-state index is 11.7. The van der Waals surface area contributed by atoms with E-state index in [1.165, 1.54) is 0 Å². The van der Waals surface area contributed by atoms with Crippen LogP contribution in [0, 0.1) is 0 Å². The lowest BCUT2D eigenvalue weighted by atomic mass is 10.2. The number of carbonyl (C=O) groups is 1. The van der Waals surface area contributed by atoms with Gasteiger partial charge in [0.25, 0.3) is 5.91 Å². The van der Waals surface area contributed by atoms with Crippen LogP contribution in [0.2, 0.25) is 0 Å². The van der Waals surface area contributed by atoms with Crippen LogP contribution in [-0.4, -0.2) is 22.9 Å². The zero-order valence-corrected chi connectivity index (χ0v) is 9.84. The van der Waals surface area contributed by atoms with Gasteiger partial charge in [0.2, 0.25) is 0 Å². The molecule has 92 valence electrons. The second-order valence-corrected chi connectivity index (χ2v) is 3.58. The molecule has 2 aromatic heterocycles. The first-order chi connectivity index (χ1) is 8.70. The third-order valence-corrected chi connectivity index (χ3v) is 2.33. The van der Waals surface area contributed by atoms with Gasteiger partial charge in [0.05, 0.1) is 17.4 Å². The molecule has 0 fully saturated rings. The number of hydrogen-bond acceptors (Lipinski definition) is 5. The van der Waals surface area contributed by atoms with Crippen molar-refractivity contribution >= 4 is 23.2 Å². The van der Waals surface area contributed by atoms with E-state index >= 15 is 0 Å². The minimum Gasteiger partial charge on any atom is -0.384 e. The first kappa shape index (κ1) is 11.8. The van der Waals surface area contributed by atoms with Crippen molar-refractivity contribution in [1.82, 2.24) is 15.3 Å². The van der Waals surface area contributed by atoms with E-state index in [0.29, 0.717) is 22.9 Å². The molecule has 2 rings (SSSR count). The number of nitrogens with two attached hydrogens (primary N) is 1. The molecule has 0 radical (unpaired) electrons. The zero-order valence-electron chi connectivity index (χ0n) is 9.84. The summed E-state index contributed by atoms with van der Waals surface area (Å²) in [6.45, 7) is 0. The van der Waals surface area contributed by atoms with Crippen LogP contribution in [-0.2, 0) is 0 Å². The molecule has 0 aliphatic rings. The van der Waals surface area contributed by atoms with Gasteiger partial charge in [-0.1, -0.05) is 0 Å². The van der Waals surface area contributed by atoms with Crippen molar-refractivity contribution in [3.8, 4) is 0 Å². The molecule has 0 atom stereocenters. The number of aromatic nitrogens is 2. The molecule has 0 aromatic carbocycles. The van der Waals surface area contributed by atoms with E-state index in [0.717, 1.165) is 0 Å². The van der Waals surface area contributed by atoms with E-state index in [-0.39, 0.29) is 5.91 Å². The maximum Gasteiger partial charge on any atom is 0.254 e. The molecular weight excluding hydrogens is 230 g/mol. The molecule has 2 aromatic rings. The molecule has 18 heavy (non-hydrogen) atoms. The molecule has 0 saturated heterocycles. The van der Waals surface area contributed by atoms with Crippen molar-refractivity contribution in [2.75, 3.05) is 18.1 Å². The number of pyridine rings is 2. The molecule has 1 amide bonds. The van der Waals surface area contributed by atoms with Crippen LogP contribution in [0.3, 0.4) is 0 Å². The Balaban J connectivity index is 2.28. The van der Waals surface area contributed by atoms with Crippen molar-refractivity contribution in [2.24, 2.45) is 0 Å². The van der Waals surface area contributed by atoms with Gasteiger partial charge in [-0.2, -0.15) is 0 Å². The third kappa shape index (κ3) is 2.54. The molecule has 0 aliphatic carbocycles. The monoisotopic (exact) mass is 243 g/mol. The molecule has 6 nitrogen and oxygen atoms in total. The second kappa shape index (κ2) is 5.13. The van der Waals surface area contributed by atoms with Crippen LogP contribution in [0.4, 0.5) is 17.3 Å². The quantitative estimate of drug-likeness (QED) is 0.752. The molecule has 2 heterocycles. The fraction of sp³-hybridized carbons (Fsp3) is 0.0833. The molecule has 6 heteroatoms. The highest BCUT2D eigenvalue weighted by Crippen LogP contribution is 2.18. The Morgan fingerprint density at radius 3 is 2.78 bits per heavy atom. The zero-order chi connectivity index (χ0) is 13.0. The fourth-order valence-corrected chi connectivity index (χ4v) is 1.44. The lowest BCUT2D eigenvalue weighted by molar-refractivity contribution is 0.0963. The first-order valence-electron chi connectivity index (χ1n) is 5.36. The van der Waals surface area contributed by atoms with Crippen LogP contribution in [0.1, 0.15) is 10.4 Å². The standard InChI is InChI=1S/C12H13N5O/c1-14-12(18)9-3-2-6-15-11(9)17-8-4-5-10(13)16-7-8/h2-7H,1H3,(H2,13,16)(H,14,18)(H,15,17). The summed E-state index contributed by atoms with van der Waals surface area (Å²) in [6.07, 6.45) is 3.19.